The molecule has 0 saturated carbocycles. The van der Waals surface area contributed by atoms with E-state index < -0.39 is 0 Å². The highest BCUT2D eigenvalue weighted by Crippen LogP contribution is 2.36. The van der Waals surface area contributed by atoms with Crippen LogP contribution in [0.3, 0.4) is 0 Å². The van der Waals surface area contributed by atoms with E-state index in [1.807, 2.05) is 0 Å². The Morgan fingerprint density at radius 1 is 1.25 bits per heavy atom. The Balaban J connectivity index is 2.12. The van der Waals surface area contributed by atoms with Crippen LogP contribution in [0, 0.1) is 19.8 Å². The lowest BCUT2D eigenvalue weighted by atomic mass is 9.93. The second-order valence-corrected chi connectivity index (χ2v) is 6.15. The molecule has 1 heterocycles. The molecule has 0 spiro atoms. The van der Waals surface area contributed by atoms with Gasteiger partial charge in [-0.1, -0.05) is 38.5 Å². The van der Waals surface area contributed by atoms with Gasteiger partial charge in [0.05, 0.1) is 18.8 Å². The minimum absolute atomic E-state index is 0.444. The zero-order valence-electron chi connectivity index (χ0n) is 13.5. The van der Waals surface area contributed by atoms with Gasteiger partial charge in [0.15, 0.2) is 0 Å². The van der Waals surface area contributed by atoms with Crippen LogP contribution in [0.15, 0.2) is 12.1 Å². The standard InChI is InChI=1S/C18H28O2/c1-6-8-19-17-13(4)9-12(3)10-15(17)11-14(5)18-16(7-2)20-18/h9-10,14,16,18H,6-8,11H2,1-5H3. The van der Waals surface area contributed by atoms with Gasteiger partial charge in [0.25, 0.3) is 0 Å². The maximum Gasteiger partial charge on any atom is 0.125 e. The van der Waals surface area contributed by atoms with Crippen molar-refractivity contribution in [2.24, 2.45) is 5.92 Å². The van der Waals surface area contributed by atoms with Gasteiger partial charge >= 0.3 is 0 Å². The van der Waals surface area contributed by atoms with Crippen molar-refractivity contribution in [2.45, 2.75) is 66.1 Å². The van der Waals surface area contributed by atoms with Gasteiger partial charge in [0.1, 0.15) is 5.75 Å². The predicted octanol–water partition coefficient (Wildman–Crippen LogP) is 4.45. The van der Waals surface area contributed by atoms with Gasteiger partial charge in [-0.25, -0.2) is 0 Å². The Bertz CT molecular complexity index is 453. The number of aryl methyl sites for hydroxylation is 2. The Morgan fingerprint density at radius 2 is 2.00 bits per heavy atom. The topological polar surface area (TPSA) is 21.8 Å². The first-order valence-electron chi connectivity index (χ1n) is 7.95. The van der Waals surface area contributed by atoms with Crippen molar-refractivity contribution in [1.29, 1.82) is 0 Å². The molecule has 3 unspecified atom stereocenters. The number of hydrogen-bond acceptors (Lipinski definition) is 2. The van der Waals surface area contributed by atoms with Crippen LogP contribution in [0.5, 0.6) is 5.75 Å². The minimum atomic E-state index is 0.444. The second-order valence-electron chi connectivity index (χ2n) is 6.15. The van der Waals surface area contributed by atoms with E-state index in [1.54, 1.807) is 0 Å². The highest BCUT2D eigenvalue weighted by molar-refractivity contribution is 5.44. The van der Waals surface area contributed by atoms with Crippen molar-refractivity contribution in [3.8, 4) is 5.75 Å². The normalized spacial score (nSPS) is 22.6. The molecule has 1 aliphatic rings. The van der Waals surface area contributed by atoms with Gasteiger partial charge in [0.2, 0.25) is 0 Å². The average molecular weight is 276 g/mol. The summed E-state index contributed by atoms with van der Waals surface area (Å²) in [6.45, 7) is 11.7. The summed E-state index contributed by atoms with van der Waals surface area (Å²) in [7, 11) is 0. The van der Waals surface area contributed by atoms with Gasteiger partial charge in [0, 0.05) is 0 Å². The molecule has 1 aliphatic heterocycles. The average Bonchev–Trinajstić information content (AvgIpc) is 3.17. The fourth-order valence-electron chi connectivity index (χ4n) is 3.05. The quantitative estimate of drug-likeness (QED) is 0.686. The van der Waals surface area contributed by atoms with E-state index in [1.165, 1.54) is 16.7 Å². The zero-order valence-corrected chi connectivity index (χ0v) is 13.5. The maximum absolute atomic E-state index is 5.99. The Hall–Kier alpha value is -1.02. The lowest BCUT2D eigenvalue weighted by molar-refractivity contribution is 0.302. The maximum atomic E-state index is 5.99. The Morgan fingerprint density at radius 3 is 2.60 bits per heavy atom. The fourth-order valence-corrected chi connectivity index (χ4v) is 3.05. The van der Waals surface area contributed by atoms with Crippen LogP contribution in [-0.4, -0.2) is 18.8 Å². The van der Waals surface area contributed by atoms with Crippen LogP contribution < -0.4 is 4.74 Å². The van der Waals surface area contributed by atoms with Gasteiger partial charge in [-0.3, -0.25) is 0 Å². The summed E-state index contributed by atoms with van der Waals surface area (Å²) < 4.78 is 11.7. The molecule has 0 aromatic heterocycles. The molecule has 1 aromatic carbocycles. The summed E-state index contributed by atoms with van der Waals surface area (Å²) in [6, 6.07) is 4.49. The summed E-state index contributed by atoms with van der Waals surface area (Å²) in [4.78, 5) is 0. The van der Waals surface area contributed by atoms with Gasteiger partial charge < -0.3 is 9.47 Å². The van der Waals surface area contributed by atoms with Gasteiger partial charge in [-0.2, -0.15) is 0 Å². The monoisotopic (exact) mass is 276 g/mol. The first-order valence-corrected chi connectivity index (χ1v) is 7.95. The molecule has 0 radical (unpaired) electrons. The van der Waals surface area contributed by atoms with E-state index in [9.17, 15) is 0 Å². The molecule has 1 saturated heterocycles. The van der Waals surface area contributed by atoms with Crippen LogP contribution in [0.2, 0.25) is 0 Å². The van der Waals surface area contributed by atoms with Crippen molar-refractivity contribution >= 4 is 0 Å². The molecule has 3 atom stereocenters. The number of benzene rings is 1. The third-order valence-electron chi connectivity index (χ3n) is 4.07. The lowest BCUT2D eigenvalue weighted by Crippen LogP contribution is -2.12. The van der Waals surface area contributed by atoms with Crippen molar-refractivity contribution in [1.82, 2.24) is 0 Å². The summed E-state index contributed by atoms with van der Waals surface area (Å²) in [6.07, 6.45) is 4.14. The van der Waals surface area contributed by atoms with Crippen molar-refractivity contribution in [3.63, 3.8) is 0 Å². The summed E-state index contributed by atoms with van der Waals surface area (Å²) in [5.41, 5.74) is 3.91. The third kappa shape index (κ3) is 3.54. The molecule has 2 nitrogen and oxygen atoms in total. The van der Waals surface area contributed by atoms with Crippen LogP contribution in [-0.2, 0) is 11.2 Å². The molecule has 112 valence electrons. The first-order chi connectivity index (χ1) is 9.56. The van der Waals surface area contributed by atoms with Crippen LogP contribution >= 0.6 is 0 Å². The lowest BCUT2D eigenvalue weighted by Gasteiger charge is -2.17. The highest BCUT2D eigenvalue weighted by Gasteiger charge is 2.41. The van der Waals surface area contributed by atoms with E-state index in [0.29, 0.717) is 18.1 Å². The van der Waals surface area contributed by atoms with Crippen LogP contribution in [0.1, 0.15) is 50.3 Å². The van der Waals surface area contributed by atoms with Gasteiger partial charge in [-0.05, 0) is 50.2 Å². The Labute approximate surface area is 123 Å². The summed E-state index contributed by atoms with van der Waals surface area (Å²) in [5, 5.41) is 0. The molecule has 0 bridgehead atoms. The molecule has 2 heteroatoms. The third-order valence-corrected chi connectivity index (χ3v) is 4.07. The number of hydrogen-bond donors (Lipinski definition) is 0. The molecule has 0 aliphatic carbocycles. The van der Waals surface area contributed by atoms with E-state index >= 15 is 0 Å². The summed E-state index contributed by atoms with van der Waals surface area (Å²) in [5.74, 6) is 1.66. The zero-order chi connectivity index (χ0) is 14.7. The molecular formula is C18H28O2. The highest BCUT2D eigenvalue weighted by atomic mass is 16.6. The molecule has 2 rings (SSSR count). The van der Waals surface area contributed by atoms with E-state index in [4.69, 9.17) is 9.47 Å². The van der Waals surface area contributed by atoms with E-state index in [-0.39, 0.29) is 0 Å². The molecular weight excluding hydrogens is 248 g/mol. The van der Waals surface area contributed by atoms with E-state index in [2.05, 4.69) is 46.8 Å². The number of rotatable bonds is 7. The van der Waals surface area contributed by atoms with E-state index in [0.717, 1.165) is 31.6 Å². The number of ether oxygens (including phenoxy) is 2. The molecule has 20 heavy (non-hydrogen) atoms. The predicted molar refractivity (Wildman–Crippen MR) is 83.5 cm³/mol. The van der Waals surface area contributed by atoms with Crippen LogP contribution in [0.25, 0.3) is 0 Å². The van der Waals surface area contributed by atoms with Crippen molar-refractivity contribution in [2.75, 3.05) is 6.61 Å². The van der Waals surface area contributed by atoms with Gasteiger partial charge in [-0.15, -0.1) is 0 Å². The second kappa shape index (κ2) is 6.62. The number of epoxide rings is 1. The van der Waals surface area contributed by atoms with Crippen molar-refractivity contribution in [3.05, 3.63) is 28.8 Å². The summed E-state index contributed by atoms with van der Waals surface area (Å²) >= 11 is 0. The molecule has 1 aromatic rings. The van der Waals surface area contributed by atoms with Crippen LogP contribution in [0.4, 0.5) is 0 Å². The molecule has 1 fully saturated rings. The smallest absolute Gasteiger partial charge is 0.125 e. The fraction of sp³-hybridized carbons (Fsp3) is 0.667. The first kappa shape index (κ1) is 15.4. The largest absolute Gasteiger partial charge is 0.493 e. The molecule has 0 N–H and O–H groups in total. The SMILES string of the molecule is CCCOc1c(C)cc(C)cc1CC(C)C1OC1CC. The van der Waals surface area contributed by atoms with Crippen molar-refractivity contribution < 1.29 is 9.47 Å². The Kier molecular flexibility index (Phi) is 5.09. The minimum Gasteiger partial charge on any atom is -0.493 e. The molecule has 0 amide bonds.